The summed E-state index contributed by atoms with van der Waals surface area (Å²) in [6, 6.07) is 0. The first-order valence-corrected chi connectivity index (χ1v) is 33.4. The summed E-state index contributed by atoms with van der Waals surface area (Å²) in [4.78, 5) is 35.8. The maximum absolute atomic E-state index is 12.8. The smallest absolute Gasteiger partial charge is 0.462 e. The Morgan fingerprint density at radius 1 is 0.400 bits per heavy atom. The van der Waals surface area contributed by atoms with E-state index < -0.39 is 26.5 Å². The number of hydrogen-bond donors (Lipinski definition) is 1. The van der Waals surface area contributed by atoms with E-state index in [2.05, 4.69) is 148 Å². The number of phosphoric ester groups is 1. The zero-order valence-corrected chi connectivity index (χ0v) is 52.7. The SMILES string of the molecule is CC/C=C\C/C=C\C/C=C\C/C=C\C/C=C\C/C=C\C/C=C\C/C=C\CCCCCCC(=O)OC(COC(=O)CCCCCCCCCCCCCC/C=C\C/C=C\C/C=C\CCCCCCC)COP(=O)(O)OCC[N+](C)(C)C. The van der Waals surface area contributed by atoms with Crippen LogP contribution in [0.2, 0.25) is 0 Å². The van der Waals surface area contributed by atoms with Gasteiger partial charge in [0.05, 0.1) is 27.7 Å². The van der Waals surface area contributed by atoms with Crippen LogP contribution in [0.5, 0.6) is 0 Å². The van der Waals surface area contributed by atoms with Gasteiger partial charge in [0, 0.05) is 12.8 Å². The molecule has 0 saturated heterocycles. The van der Waals surface area contributed by atoms with Crippen LogP contribution in [0.1, 0.15) is 245 Å². The van der Waals surface area contributed by atoms with Crippen molar-refractivity contribution in [1.29, 1.82) is 0 Å². The van der Waals surface area contributed by atoms with Crippen LogP contribution >= 0.6 is 7.82 Å². The van der Waals surface area contributed by atoms with Crippen molar-refractivity contribution >= 4 is 19.8 Å². The predicted octanol–water partition coefficient (Wildman–Crippen LogP) is 20.5. The fourth-order valence-corrected chi connectivity index (χ4v) is 9.01. The molecule has 0 aliphatic carbocycles. The van der Waals surface area contributed by atoms with Crippen molar-refractivity contribution in [2.24, 2.45) is 0 Å². The quantitative estimate of drug-likeness (QED) is 0.0211. The van der Waals surface area contributed by atoms with Gasteiger partial charge in [-0.1, -0.05) is 250 Å². The molecule has 0 saturated carbocycles. The first-order valence-electron chi connectivity index (χ1n) is 31.9. The Morgan fingerprint density at radius 3 is 1.06 bits per heavy atom. The highest BCUT2D eigenvalue weighted by molar-refractivity contribution is 7.47. The third-order valence-electron chi connectivity index (χ3n) is 13.2. The summed E-state index contributed by atoms with van der Waals surface area (Å²) >= 11 is 0. The van der Waals surface area contributed by atoms with Gasteiger partial charge in [0.25, 0.3) is 0 Å². The zero-order valence-electron chi connectivity index (χ0n) is 51.8. The number of rotatable bonds is 57. The maximum atomic E-state index is 12.8. The van der Waals surface area contributed by atoms with Gasteiger partial charge in [0.15, 0.2) is 6.10 Å². The summed E-state index contributed by atoms with van der Waals surface area (Å²) in [6.07, 6.45) is 86.7. The van der Waals surface area contributed by atoms with Crippen molar-refractivity contribution in [3.63, 3.8) is 0 Å². The summed E-state index contributed by atoms with van der Waals surface area (Å²) < 4.78 is 34.6. The Morgan fingerprint density at radius 2 is 0.713 bits per heavy atom. The standard InChI is InChI=1S/C70H118NO8P/c1-6-8-10-12-14-16-18-20-22-24-26-28-30-32-34-35-37-39-41-43-45-47-49-51-53-55-57-59-61-63-70(73)79-68(67-78-80(74,75)77-65-64-71(3,4)5)66-76-69(72)62-60-58-56-54-52-50-48-46-44-42-40-38-36-33-31-29-27-25-23-21-19-17-15-13-11-9-7-2/h8,10,14,16,19-22,25-28,31-34,37,39,43,45,49,51,68H,6-7,9,11-13,15,17-18,23-24,29-30,35-36,38,40-42,44,46-48,50,52-67H2,1-5H3/p+1/b10-8-,16-14-,21-19-,22-20-,27-25-,28-26-,33-31-,34-32-,39-37-,45-43-,51-49-. The molecule has 0 rings (SSSR count). The molecule has 0 aromatic rings. The molecule has 0 amide bonds. The van der Waals surface area contributed by atoms with Gasteiger partial charge in [-0.05, 0) is 116 Å². The second-order valence-electron chi connectivity index (χ2n) is 22.1. The lowest BCUT2D eigenvalue weighted by atomic mass is 10.0. The largest absolute Gasteiger partial charge is 0.472 e. The van der Waals surface area contributed by atoms with Crippen LogP contribution in [-0.2, 0) is 32.7 Å². The van der Waals surface area contributed by atoms with Gasteiger partial charge in [-0.15, -0.1) is 0 Å². The van der Waals surface area contributed by atoms with Crippen molar-refractivity contribution in [2.45, 2.75) is 251 Å². The van der Waals surface area contributed by atoms with Gasteiger partial charge in [-0.3, -0.25) is 18.6 Å². The number of nitrogens with zero attached hydrogens (tertiary/aromatic N) is 1. The monoisotopic (exact) mass is 1130 g/mol. The van der Waals surface area contributed by atoms with Crippen LogP contribution in [0.25, 0.3) is 0 Å². The molecule has 0 aliphatic heterocycles. The third-order valence-corrected chi connectivity index (χ3v) is 14.1. The van der Waals surface area contributed by atoms with E-state index in [-0.39, 0.29) is 32.0 Å². The molecule has 0 fully saturated rings. The molecule has 0 bridgehead atoms. The number of esters is 2. The van der Waals surface area contributed by atoms with Crippen molar-refractivity contribution in [1.82, 2.24) is 0 Å². The number of allylic oxidation sites excluding steroid dienone is 22. The molecule has 80 heavy (non-hydrogen) atoms. The summed E-state index contributed by atoms with van der Waals surface area (Å²) in [5.74, 6) is -0.835. The third kappa shape index (κ3) is 63.3. The van der Waals surface area contributed by atoms with Gasteiger partial charge in [-0.25, -0.2) is 4.57 Å². The van der Waals surface area contributed by atoms with Crippen LogP contribution in [0.4, 0.5) is 0 Å². The Balaban J connectivity index is 4.22. The first-order chi connectivity index (χ1) is 39.0. The van der Waals surface area contributed by atoms with Crippen LogP contribution in [0, 0.1) is 0 Å². The highest BCUT2D eigenvalue weighted by Crippen LogP contribution is 2.43. The molecular weight excluding hydrogens is 1010 g/mol. The molecule has 0 aliphatic rings. The molecule has 1 N–H and O–H groups in total. The van der Waals surface area contributed by atoms with E-state index in [1.165, 1.54) is 103 Å². The average molecular weight is 1130 g/mol. The number of carbonyl (C=O) groups excluding carboxylic acids is 2. The van der Waals surface area contributed by atoms with E-state index in [0.717, 1.165) is 109 Å². The van der Waals surface area contributed by atoms with E-state index in [1.54, 1.807) is 0 Å². The van der Waals surface area contributed by atoms with Crippen molar-refractivity contribution < 1.29 is 42.1 Å². The van der Waals surface area contributed by atoms with Crippen molar-refractivity contribution in [2.75, 3.05) is 47.5 Å². The van der Waals surface area contributed by atoms with E-state index in [0.29, 0.717) is 17.4 Å². The highest BCUT2D eigenvalue weighted by atomic mass is 31.2. The molecule has 0 aromatic heterocycles. The fourth-order valence-electron chi connectivity index (χ4n) is 8.27. The molecule has 0 radical (unpaired) electrons. The lowest BCUT2D eigenvalue weighted by Crippen LogP contribution is -2.37. The molecule has 0 aromatic carbocycles. The lowest BCUT2D eigenvalue weighted by Gasteiger charge is -2.24. The number of hydrogen-bond acceptors (Lipinski definition) is 7. The lowest BCUT2D eigenvalue weighted by molar-refractivity contribution is -0.870. The van der Waals surface area contributed by atoms with Gasteiger partial charge < -0.3 is 18.9 Å². The molecule has 2 unspecified atom stereocenters. The normalized spacial score (nSPS) is 14.1. The molecule has 0 heterocycles. The van der Waals surface area contributed by atoms with Gasteiger partial charge in [0.2, 0.25) is 0 Å². The molecule has 10 heteroatoms. The topological polar surface area (TPSA) is 108 Å². The Labute approximate surface area is 491 Å². The summed E-state index contributed by atoms with van der Waals surface area (Å²) in [5, 5.41) is 0. The summed E-state index contributed by atoms with van der Waals surface area (Å²) in [6.45, 7) is 4.27. The number of quaternary nitrogens is 1. The number of carbonyl (C=O) groups is 2. The molecular formula is C70H119NO8P+. The van der Waals surface area contributed by atoms with Gasteiger partial charge in [-0.2, -0.15) is 0 Å². The second kappa shape index (κ2) is 59.8. The van der Waals surface area contributed by atoms with Crippen LogP contribution in [-0.4, -0.2) is 74.9 Å². The highest BCUT2D eigenvalue weighted by Gasteiger charge is 2.27. The zero-order chi connectivity index (χ0) is 58.4. The van der Waals surface area contributed by atoms with Crippen LogP contribution in [0.15, 0.2) is 134 Å². The van der Waals surface area contributed by atoms with Crippen molar-refractivity contribution in [3.05, 3.63) is 134 Å². The first kappa shape index (κ1) is 76.1. The minimum atomic E-state index is -4.41. The predicted molar refractivity (Wildman–Crippen MR) is 344 cm³/mol. The van der Waals surface area contributed by atoms with E-state index in [9.17, 15) is 19.0 Å². The van der Waals surface area contributed by atoms with E-state index in [1.807, 2.05) is 21.1 Å². The maximum Gasteiger partial charge on any atom is 0.472 e. The summed E-state index contributed by atoms with van der Waals surface area (Å²) in [7, 11) is 1.44. The number of ether oxygens (including phenoxy) is 2. The number of unbranched alkanes of at least 4 members (excludes halogenated alkanes) is 21. The Hall–Kier alpha value is -3.85. The summed E-state index contributed by atoms with van der Waals surface area (Å²) in [5.41, 5.74) is 0. The second-order valence-corrected chi connectivity index (χ2v) is 23.5. The van der Waals surface area contributed by atoms with E-state index in [4.69, 9.17) is 18.5 Å². The van der Waals surface area contributed by atoms with Gasteiger partial charge >= 0.3 is 19.8 Å². The molecule has 2 atom stereocenters. The Kier molecular flexibility index (Phi) is 56.9. The Bertz CT molecular complexity index is 1810. The van der Waals surface area contributed by atoms with E-state index >= 15 is 0 Å². The molecule has 9 nitrogen and oxygen atoms in total. The fraction of sp³-hybridized carbons (Fsp3) is 0.657. The van der Waals surface area contributed by atoms with Crippen LogP contribution in [0.3, 0.4) is 0 Å². The van der Waals surface area contributed by atoms with Gasteiger partial charge in [0.1, 0.15) is 19.8 Å². The molecule has 0 spiro atoms. The minimum absolute atomic E-state index is 0.0187. The van der Waals surface area contributed by atoms with Crippen LogP contribution < -0.4 is 0 Å². The molecule has 456 valence electrons. The average Bonchev–Trinajstić information content (AvgIpc) is 3.42. The number of phosphoric acid groups is 1. The minimum Gasteiger partial charge on any atom is -0.462 e. The number of likely N-dealkylation sites (N-methyl/N-ethyl adjacent to an activating group) is 1. The van der Waals surface area contributed by atoms with Crippen molar-refractivity contribution in [3.8, 4) is 0 Å².